The lowest BCUT2D eigenvalue weighted by Crippen LogP contribution is -2.16. The number of benzene rings is 2. The molecule has 0 atom stereocenters. The molecule has 164 valence electrons. The van der Waals surface area contributed by atoms with Gasteiger partial charge in [-0.05, 0) is 55.3 Å². The van der Waals surface area contributed by atoms with E-state index in [0.29, 0.717) is 5.13 Å². The Kier molecular flexibility index (Phi) is 7.24. The van der Waals surface area contributed by atoms with Gasteiger partial charge in [-0.3, -0.25) is 14.8 Å². The van der Waals surface area contributed by atoms with Crippen LogP contribution in [-0.4, -0.2) is 24.5 Å². The van der Waals surface area contributed by atoms with Crippen molar-refractivity contribution in [3.05, 3.63) is 63.9 Å². The number of hydrogen-bond acceptors (Lipinski definition) is 6. The zero-order valence-corrected chi connectivity index (χ0v) is 19.1. The van der Waals surface area contributed by atoms with E-state index in [9.17, 15) is 17.6 Å². The number of halogens is 2. The van der Waals surface area contributed by atoms with Gasteiger partial charge in [0.05, 0.1) is 5.02 Å². The van der Waals surface area contributed by atoms with E-state index < -0.39 is 21.7 Å². The molecule has 0 bridgehead atoms. The molecular formula is C20H20ClFN4O3S2. The number of carbonyl (C=O) groups is 1. The van der Waals surface area contributed by atoms with Crippen LogP contribution in [0.4, 0.5) is 15.2 Å². The third-order valence-electron chi connectivity index (χ3n) is 4.58. The third-order valence-corrected chi connectivity index (χ3v) is 7.44. The number of sulfonamides is 1. The van der Waals surface area contributed by atoms with Gasteiger partial charge < -0.3 is 0 Å². The van der Waals surface area contributed by atoms with Gasteiger partial charge in [-0.15, -0.1) is 10.2 Å². The second-order valence-corrected chi connectivity index (χ2v) is 9.74. The Morgan fingerprint density at radius 1 is 1.13 bits per heavy atom. The minimum Gasteiger partial charge on any atom is -0.296 e. The predicted molar refractivity (Wildman–Crippen MR) is 120 cm³/mol. The van der Waals surface area contributed by atoms with Crippen molar-refractivity contribution in [1.82, 2.24) is 10.2 Å². The Labute approximate surface area is 188 Å². The van der Waals surface area contributed by atoms with Gasteiger partial charge in [-0.1, -0.05) is 36.8 Å². The van der Waals surface area contributed by atoms with Crippen molar-refractivity contribution in [2.75, 3.05) is 10.0 Å². The summed E-state index contributed by atoms with van der Waals surface area (Å²) >= 11 is 7.36. The molecule has 0 saturated heterocycles. The Morgan fingerprint density at radius 2 is 1.81 bits per heavy atom. The normalized spacial score (nSPS) is 11.5. The van der Waals surface area contributed by atoms with Gasteiger partial charge in [0.15, 0.2) is 0 Å². The highest BCUT2D eigenvalue weighted by Crippen LogP contribution is 2.29. The van der Waals surface area contributed by atoms with Crippen molar-refractivity contribution >= 4 is 49.7 Å². The molecule has 1 amide bonds. The summed E-state index contributed by atoms with van der Waals surface area (Å²) in [4.78, 5) is 12.4. The van der Waals surface area contributed by atoms with Crippen molar-refractivity contribution in [2.24, 2.45) is 0 Å². The third kappa shape index (κ3) is 5.57. The number of nitrogens with zero attached hydrogens (tertiary/aromatic N) is 2. The number of amides is 1. The number of hydrogen-bond donors (Lipinski definition) is 2. The standard InChI is InChI=1S/C20H20ClFN4O3S2/c1-3-12(4-2)19-24-25-20(30-19)23-18(27)13-5-10-16(21)17(11-13)31(28,29)26-15-8-6-14(22)7-9-15/h5-12,26H,3-4H2,1-2H3,(H,23,25,27). The second-order valence-electron chi connectivity index (χ2n) is 6.67. The van der Waals surface area contributed by atoms with Crippen LogP contribution >= 0.6 is 22.9 Å². The maximum Gasteiger partial charge on any atom is 0.263 e. The van der Waals surface area contributed by atoms with Gasteiger partial charge in [0.25, 0.3) is 15.9 Å². The molecule has 2 N–H and O–H groups in total. The van der Waals surface area contributed by atoms with Crippen molar-refractivity contribution < 1.29 is 17.6 Å². The molecule has 0 fully saturated rings. The highest BCUT2D eigenvalue weighted by molar-refractivity contribution is 7.92. The summed E-state index contributed by atoms with van der Waals surface area (Å²) < 4.78 is 40.9. The molecule has 0 radical (unpaired) electrons. The Morgan fingerprint density at radius 3 is 2.45 bits per heavy atom. The summed E-state index contributed by atoms with van der Waals surface area (Å²) in [5.74, 6) is -0.765. The molecule has 0 aliphatic rings. The molecule has 3 aromatic rings. The molecule has 2 aromatic carbocycles. The average Bonchev–Trinajstić information content (AvgIpc) is 3.18. The lowest BCUT2D eigenvalue weighted by molar-refractivity contribution is 0.102. The minimum atomic E-state index is -4.11. The molecule has 11 heteroatoms. The van der Waals surface area contributed by atoms with Crippen LogP contribution in [0.2, 0.25) is 5.02 Å². The van der Waals surface area contributed by atoms with Crippen LogP contribution in [0.1, 0.15) is 48.0 Å². The van der Waals surface area contributed by atoms with Crippen molar-refractivity contribution in [2.45, 2.75) is 37.5 Å². The van der Waals surface area contributed by atoms with E-state index in [-0.39, 0.29) is 27.1 Å². The Balaban J connectivity index is 1.81. The zero-order chi connectivity index (χ0) is 22.6. The largest absolute Gasteiger partial charge is 0.296 e. The van der Waals surface area contributed by atoms with Gasteiger partial charge in [0.1, 0.15) is 15.7 Å². The summed E-state index contributed by atoms with van der Waals surface area (Å²) in [6, 6.07) is 8.73. The van der Waals surface area contributed by atoms with E-state index in [0.717, 1.165) is 30.0 Å². The molecule has 0 unspecified atom stereocenters. The number of carbonyl (C=O) groups excluding carboxylic acids is 1. The van der Waals surface area contributed by atoms with E-state index in [1.54, 1.807) is 0 Å². The van der Waals surface area contributed by atoms with E-state index in [1.165, 1.54) is 41.7 Å². The van der Waals surface area contributed by atoms with Crippen LogP contribution < -0.4 is 10.0 Å². The predicted octanol–water partition coefficient (Wildman–Crippen LogP) is 5.29. The van der Waals surface area contributed by atoms with Crippen molar-refractivity contribution in [3.63, 3.8) is 0 Å². The van der Waals surface area contributed by atoms with E-state index >= 15 is 0 Å². The van der Waals surface area contributed by atoms with Gasteiger partial charge in [-0.2, -0.15) is 0 Å². The maximum absolute atomic E-state index is 13.1. The van der Waals surface area contributed by atoms with Gasteiger partial charge in [-0.25, -0.2) is 12.8 Å². The summed E-state index contributed by atoms with van der Waals surface area (Å²) in [7, 11) is -4.11. The quantitative estimate of drug-likeness (QED) is 0.454. The molecule has 0 aliphatic heterocycles. The number of aromatic nitrogens is 2. The zero-order valence-electron chi connectivity index (χ0n) is 16.7. The first-order chi connectivity index (χ1) is 14.7. The van der Waals surface area contributed by atoms with Crippen molar-refractivity contribution in [1.29, 1.82) is 0 Å². The fourth-order valence-corrected chi connectivity index (χ4v) is 5.43. The maximum atomic E-state index is 13.1. The van der Waals surface area contributed by atoms with Gasteiger partial charge in [0, 0.05) is 17.2 Å². The van der Waals surface area contributed by atoms with Crippen LogP contribution in [0, 0.1) is 5.82 Å². The molecule has 0 aliphatic carbocycles. The molecule has 0 saturated carbocycles. The summed E-state index contributed by atoms with van der Waals surface area (Å²) in [6.45, 7) is 4.12. The second kappa shape index (κ2) is 9.71. The van der Waals surface area contributed by atoms with Crippen LogP contribution in [0.25, 0.3) is 0 Å². The lowest BCUT2D eigenvalue weighted by Gasteiger charge is -2.11. The van der Waals surface area contributed by atoms with Gasteiger partial charge >= 0.3 is 0 Å². The van der Waals surface area contributed by atoms with E-state index in [2.05, 4.69) is 34.1 Å². The molecule has 1 aromatic heterocycles. The summed E-state index contributed by atoms with van der Waals surface area (Å²) in [6.07, 6.45) is 1.83. The number of nitrogens with one attached hydrogen (secondary N) is 2. The van der Waals surface area contributed by atoms with Crippen LogP contribution in [-0.2, 0) is 10.0 Å². The molecule has 0 spiro atoms. The first-order valence-electron chi connectivity index (χ1n) is 9.46. The first kappa shape index (κ1) is 23.1. The first-order valence-corrected chi connectivity index (χ1v) is 12.1. The monoisotopic (exact) mass is 482 g/mol. The number of anilines is 2. The fourth-order valence-electron chi connectivity index (χ4n) is 2.84. The van der Waals surface area contributed by atoms with E-state index in [1.807, 2.05) is 0 Å². The molecule has 7 nitrogen and oxygen atoms in total. The average molecular weight is 483 g/mol. The lowest BCUT2D eigenvalue weighted by atomic mass is 10.1. The highest BCUT2D eigenvalue weighted by Gasteiger charge is 2.21. The molecular weight excluding hydrogens is 463 g/mol. The Bertz CT molecular complexity index is 1180. The van der Waals surface area contributed by atoms with Crippen LogP contribution in [0.5, 0.6) is 0 Å². The van der Waals surface area contributed by atoms with Crippen LogP contribution in [0.3, 0.4) is 0 Å². The van der Waals surface area contributed by atoms with Crippen molar-refractivity contribution in [3.8, 4) is 0 Å². The van der Waals surface area contributed by atoms with E-state index in [4.69, 9.17) is 11.6 Å². The molecule has 31 heavy (non-hydrogen) atoms. The highest BCUT2D eigenvalue weighted by atomic mass is 35.5. The fraction of sp³-hybridized carbons (Fsp3) is 0.250. The number of rotatable bonds is 8. The smallest absolute Gasteiger partial charge is 0.263 e. The Hall–Kier alpha value is -2.56. The molecule has 1 heterocycles. The summed E-state index contributed by atoms with van der Waals surface area (Å²) in [5, 5.41) is 11.9. The molecule has 3 rings (SSSR count). The SMILES string of the molecule is CCC(CC)c1nnc(NC(=O)c2ccc(Cl)c(S(=O)(=O)Nc3ccc(F)cc3)c2)s1. The summed E-state index contributed by atoms with van der Waals surface area (Å²) in [5.41, 5.74) is 0.248. The van der Waals surface area contributed by atoms with Crippen LogP contribution in [0.15, 0.2) is 47.4 Å². The van der Waals surface area contributed by atoms with Gasteiger partial charge in [0.2, 0.25) is 5.13 Å². The topological polar surface area (TPSA) is 101 Å². The minimum absolute atomic E-state index is 0.0573.